The maximum Gasteiger partial charge on any atom is 0.251 e. The van der Waals surface area contributed by atoms with Gasteiger partial charge in [0, 0.05) is 24.3 Å². The Morgan fingerprint density at radius 1 is 1.06 bits per heavy atom. The van der Waals surface area contributed by atoms with Crippen LogP contribution in [-0.4, -0.2) is 43.9 Å². The summed E-state index contributed by atoms with van der Waals surface area (Å²) >= 11 is 0. The Kier molecular flexibility index (Phi) is 5.81. The molecule has 1 saturated heterocycles. The standard InChI is InChI=1S/C31H38N2O3/c34-30(21-6-10-26(11-7-21)36-19-27-2-1-15-35-27)33-25-9-5-22-16-20(3-4-23(22)17-25)13-14-32-29-28-12-8-24-18-31(24,28)29/h3-4,6-7,10-11,16,24-25,27-29,32H,1-2,5,8-9,12-15,17-19H2,(H,33,34)/t24-,25+,27+,28+,29+,31?/m1/s1. The van der Waals surface area contributed by atoms with Crippen molar-refractivity contribution in [1.29, 1.82) is 0 Å². The topological polar surface area (TPSA) is 59.6 Å². The van der Waals surface area contributed by atoms with Gasteiger partial charge in [0.1, 0.15) is 12.4 Å². The fourth-order valence-corrected chi connectivity index (χ4v) is 7.66. The fraction of sp³-hybridized carbons (Fsp3) is 0.581. The Morgan fingerprint density at radius 2 is 1.97 bits per heavy atom. The van der Waals surface area contributed by atoms with Crippen LogP contribution in [0.25, 0.3) is 0 Å². The average molecular weight is 487 g/mol. The molecule has 2 N–H and O–H groups in total. The van der Waals surface area contributed by atoms with Gasteiger partial charge >= 0.3 is 0 Å². The number of carbonyl (C=O) groups excluding carboxylic acids is 1. The van der Waals surface area contributed by atoms with E-state index in [-0.39, 0.29) is 18.1 Å². The molecule has 1 amide bonds. The maximum absolute atomic E-state index is 12.9. The van der Waals surface area contributed by atoms with Crippen molar-refractivity contribution in [3.63, 3.8) is 0 Å². The molecule has 5 aliphatic rings. The van der Waals surface area contributed by atoms with E-state index in [1.807, 2.05) is 24.3 Å². The molecule has 1 unspecified atom stereocenters. The van der Waals surface area contributed by atoms with Crippen LogP contribution in [0.2, 0.25) is 0 Å². The Morgan fingerprint density at radius 3 is 2.75 bits per heavy atom. The molecule has 36 heavy (non-hydrogen) atoms. The minimum absolute atomic E-state index is 0.000895. The summed E-state index contributed by atoms with van der Waals surface area (Å²) in [7, 11) is 0. The van der Waals surface area contributed by atoms with E-state index >= 15 is 0 Å². The van der Waals surface area contributed by atoms with Crippen molar-refractivity contribution in [2.24, 2.45) is 17.3 Å². The van der Waals surface area contributed by atoms with E-state index in [0.29, 0.717) is 12.2 Å². The zero-order valence-corrected chi connectivity index (χ0v) is 21.1. The van der Waals surface area contributed by atoms with Crippen LogP contribution >= 0.6 is 0 Å². The van der Waals surface area contributed by atoms with Crippen LogP contribution in [0.15, 0.2) is 42.5 Å². The molecule has 4 aliphatic carbocycles. The van der Waals surface area contributed by atoms with Crippen LogP contribution in [0.5, 0.6) is 5.75 Å². The van der Waals surface area contributed by atoms with Gasteiger partial charge in [-0.3, -0.25) is 4.79 Å². The largest absolute Gasteiger partial charge is 0.491 e. The van der Waals surface area contributed by atoms with Gasteiger partial charge in [-0.1, -0.05) is 18.2 Å². The van der Waals surface area contributed by atoms with Crippen molar-refractivity contribution in [2.45, 2.75) is 76.0 Å². The number of hydrogen-bond acceptors (Lipinski definition) is 4. The second kappa shape index (κ2) is 9.18. The van der Waals surface area contributed by atoms with Gasteiger partial charge in [0.2, 0.25) is 0 Å². The molecule has 5 nitrogen and oxygen atoms in total. The van der Waals surface area contributed by atoms with Crippen molar-refractivity contribution < 1.29 is 14.3 Å². The number of hydrogen-bond donors (Lipinski definition) is 2. The number of aryl methyl sites for hydroxylation is 1. The van der Waals surface area contributed by atoms with Gasteiger partial charge in [-0.15, -0.1) is 0 Å². The lowest BCUT2D eigenvalue weighted by atomic mass is 9.86. The normalized spacial score (nSPS) is 33.4. The minimum Gasteiger partial charge on any atom is -0.491 e. The molecule has 190 valence electrons. The van der Waals surface area contributed by atoms with Crippen LogP contribution in [-0.2, 0) is 24.0 Å². The highest BCUT2D eigenvalue weighted by Crippen LogP contribution is 2.81. The number of rotatable bonds is 9. The second-order valence-electron chi connectivity index (χ2n) is 11.9. The highest BCUT2D eigenvalue weighted by atomic mass is 16.5. The number of nitrogens with one attached hydrogen (secondary N) is 2. The van der Waals surface area contributed by atoms with Crippen LogP contribution in [0.1, 0.15) is 65.6 Å². The maximum atomic E-state index is 12.9. The van der Waals surface area contributed by atoms with Crippen molar-refractivity contribution in [3.05, 3.63) is 64.7 Å². The van der Waals surface area contributed by atoms with Gasteiger partial charge in [0.15, 0.2) is 0 Å². The van der Waals surface area contributed by atoms with Crippen LogP contribution in [0.3, 0.4) is 0 Å². The average Bonchev–Trinajstić information content (AvgIpc) is 3.59. The van der Waals surface area contributed by atoms with Crippen LogP contribution in [0, 0.1) is 17.3 Å². The van der Waals surface area contributed by atoms with E-state index in [9.17, 15) is 4.79 Å². The third-order valence-corrected chi connectivity index (χ3v) is 9.78. The van der Waals surface area contributed by atoms with Crippen molar-refractivity contribution in [2.75, 3.05) is 19.8 Å². The molecule has 1 aliphatic heterocycles. The lowest BCUT2D eigenvalue weighted by Gasteiger charge is -2.26. The summed E-state index contributed by atoms with van der Waals surface area (Å²) in [5.41, 5.74) is 5.74. The first kappa shape index (κ1) is 22.8. The minimum atomic E-state index is -0.000895. The van der Waals surface area contributed by atoms with Crippen LogP contribution in [0.4, 0.5) is 0 Å². The van der Waals surface area contributed by atoms with Gasteiger partial charge in [-0.2, -0.15) is 0 Å². The third kappa shape index (κ3) is 4.24. The molecule has 0 radical (unpaired) electrons. The SMILES string of the molecule is O=C(N[C@H]1CCc2cc(CCN[C@H]3[C@@H]4CC[C@@H]5CC543)ccc2C1)c1ccc(OC[C@@H]2CCCO2)cc1. The van der Waals surface area contributed by atoms with E-state index in [1.54, 1.807) is 0 Å². The van der Waals surface area contributed by atoms with E-state index in [2.05, 4.69) is 28.8 Å². The number of fused-ring (bicyclic) bond motifs is 1. The summed E-state index contributed by atoms with van der Waals surface area (Å²) in [5.74, 6) is 2.85. The summed E-state index contributed by atoms with van der Waals surface area (Å²) in [5, 5.41) is 7.13. The molecular weight excluding hydrogens is 448 g/mol. The van der Waals surface area contributed by atoms with Crippen molar-refractivity contribution >= 4 is 5.91 Å². The van der Waals surface area contributed by atoms with E-state index in [0.717, 1.165) is 80.7 Å². The predicted molar refractivity (Wildman–Crippen MR) is 139 cm³/mol. The number of carbonyl (C=O) groups is 1. The molecule has 5 heteroatoms. The molecule has 0 bridgehead atoms. The monoisotopic (exact) mass is 486 g/mol. The summed E-state index contributed by atoms with van der Waals surface area (Å²) in [6, 6.07) is 15.5. The van der Waals surface area contributed by atoms with E-state index < -0.39 is 0 Å². The van der Waals surface area contributed by atoms with Gasteiger partial charge in [-0.25, -0.2) is 0 Å². The van der Waals surface area contributed by atoms with Gasteiger partial charge in [-0.05, 0) is 123 Å². The first-order chi connectivity index (χ1) is 17.7. The summed E-state index contributed by atoms with van der Waals surface area (Å²) in [6.45, 7) is 2.51. The molecule has 6 atom stereocenters. The summed E-state index contributed by atoms with van der Waals surface area (Å²) < 4.78 is 11.4. The number of amides is 1. The summed E-state index contributed by atoms with van der Waals surface area (Å²) in [4.78, 5) is 12.9. The van der Waals surface area contributed by atoms with E-state index in [4.69, 9.17) is 9.47 Å². The first-order valence-electron chi connectivity index (χ1n) is 14.2. The van der Waals surface area contributed by atoms with Crippen molar-refractivity contribution in [1.82, 2.24) is 10.6 Å². The Hall–Kier alpha value is -2.37. The lowest BCUT2D eigenvalue weighted by Crippen LogP contribution is -2.38. The highest BCUT2D eigenvalue weighted by Gasteiger charge is 2.80. The second-order valence-corrected chi connectivity index (χ2v) is 11.9. The zero-order valence-electron chi connectivity index (χ0n) is 21.1. The quantitative estimate of drug-likeness (QED) is 0.549. The third-order valence-electron chi connectivity index (χ3n) is 9.78. The first-order valence-corrected chi connectivity index (χ1v) is 14.2. The van der Waals surface area contributed by atoms with Crippen LogP contribution < -0.4 is 15.4 Å². The summed E-state index contributed by atoms with van der Waals surface area (Å²) in [6.07, 6.45) is 10.9. The van der Waals surface area contributed by atoms with Gasteiger partial charge in [0.25, 0.3) is 5.91 Å². The van der Waals surface area contributed by atoms with E-state index in [1.165, 1.54) is 36.0 Å². The fourth-order valence-electron chi connectivity index (χ4n) is 7.66. The molecule has 2 aromatic rings. The lowest BCUT2D eigenvalue weighted by molar-refractivity contribution is 0.0679. The van der Waals surface area contributed by atoms with Crippen molar-refractivity contribution in [3.8, 4) is 5.75 Å². The Balaban J connectivity index is 0.877. The smallest absolute Gasteiger partial charge is 0.251 e. The predicted octanol–water partition coefficient (Wildman–Crippen LogP) is 4.46. The molecule has 1 heterocycles. The molecule has 0 aromatic heterocycles. The number of ether oxygens (including phenoxy) is 2. The number of benzene rings is 2. The molecule has 7 rings (SSSR count). The van der Waals surface area contributed by atoms with Gasteiger partial charge < -0.3 is 20.1 Å². The highest BCUT2D eigenvalue weighted by molar-refractivity contribution is 5.94. The molecule has 3 saturated carbocycles. The molecular formula is C31H38N2O3. The zero-order chi connectivity index (χ0) is 24.1. The Bertz CT molecular complexity index is 1130. The Labute approximate surface area is 214 Å². The molecule has 4 fully saturated rings. The molecule has 2 aromatic carbocycles. The van der Waals surface area contributed by atoms with Gasteiger partial charge in [0.05, 0.1) is 6.10 Å². The molecule has 1 spiro atoms.